The quantitative estimate of drug-likeness (QED) is 0.663. The van der Waals surface area contributed by atoms with Crippen LogP contribution in [0, 0.1) is 10.1 Å². The van der Waals surface area contributed by atoms with Crippen molar-refractivity contribution in [1.29, 1.82) is 0 Å². The first-order chi connectivity index (χ1) is 8.11. The predicted molar refractivity (Wildman–Crippen MR) is 67.8 cm³/mol. The number of benzene rings is 1. The molecule has 1 saturated heterocycles. The summed E-state index contributed by atoms with van der Waals surface area (Å²) in [6.45, 7) is 1.59. The van der Waals surface area contributed by atoms with Crippen LogP contribution in [0.3, 0.4) is 0 Å². The zero-order chi connectivity index (χ0) is 12.4. The van der Waals surface area contributed by atoms with Crippen molar-refractivity contribution in [2.45, 2.75) is 12.5 Å². The number of anilines is 1. The van der Waals surface area contributed by atoms with Crippen LogP contribution < -0.4 is 10.2 Å². The van der Waals surface area contributed by atoms with Gasteiger partial charge in [0.1, 0.15) is 5.69 Å². The molecule has 0 radical (unpaired) electrons. The molecule has 1 N–H and O–H groups in total. The van der Waals surface area contributed by atoms with Crippen molar-refractivity contribution in [3.05, 3.63) is 33.3 Å². The largest absolute Gasteiger partial charge is 0.364 e. The zero-order valence-electron chi connectivity index (χ0n) is 9.52. The number of hydrogen-bond donors (Lipinski definition) is 1. The van der Waals surface area contributed by atoms with Gasteiger partial charge in [0.15, 0.2) is 0 Å². The normalized spacial score (nSPS) is 19.6. The lowest BCUT2D eigenvalue weighted by molar-refractivity contribution is -0.384. The van der Waals surface area contributed by atoms with Crippen molar-refractivity contribution in [3.63, 3.8) is 0 Å². The number of rotatable bonds is 3. The monoisotopic (exact) mass is 255 g/mol. The van der Waals surface area contributed by atoms with Crippen LogP contribution in [0.2, 0.25) is 5.02 Å². The smallest absolute Gasteiger partial charge is 0.292 e. The number of likely N-dealkylation sites (N-methyl/N-ethyl adjacent to an activating group) is 1. The molecule has 6 heteroatoms. The molecule has 1 fully saturated rings. The molecular weight excluding hydrogens is 242 g/mol. The van der Waals surface area contributed by atoms with Gasteiger partial charge >= 0.3 is 0 Å². The Kier molecular flexibility index (Phi) is 3.49. The van der Waals surface area contributed by atoms with Crippen LogP contribution in [0.5, 0.6) is 0 Å². The number of nitrogens with one attached hydrogen (secondary N) is 1. The van der Waals surface area contributed by atoms with E-state index in [9.17, 15) is 10.1 Å². The summed E-state index contributed by atoms with van der Waals surface area (Å²) < 4.78 is 0. The average Bonchev–Trinajstić information content (AvgIpc) is 2.76. The SMILES string of the molecule is CNC1CCN(c2cc(Cl)ccc2[N+](=O)[O-])C1. The highest BCUT2D eigenvalue weighted by atomic mass is 35.5. The number of nitro benzene ring substituents is 1. The molecule has 0 spiro atoms. The number of nitrogens with zero attached hydrogens (tertiary/aromatic N) is 2. The van der Waals surface area contributed by atoms with Gasteiger partial charge in [-0.3, -0.25) is 10.1 Å². The Labute approximate surface area is 105 Å². The van der Waals surface area contributed by atoms with E-state index in [0.717, 1.165) is 19.5 Å². The number of hydrogen-bond acceptors (Lipinski definition) is 4. The van der Waals surface area contributed by atoms with Gasteiger partial charge in [-0.25, -0.2) is 0 Å². The maximum absolute atomic E-state index is 11.0. The maximum atomic E-state index is 11.0. The Morgan fingerprint density at radius 3 is 2.94 bits per heavy atom. The molecule has 0 amide bonds. The second kappa shape index (κ2) is 4.89. The first-order valence-electron chi connectivity index (χ1n) is 5.48. The van der Waals surface area contributed by atoms with Crippen LogP contribution in [0.1, 0.15) is 6.42 Å². The van der Waals surface area contributed by atoms with Crippen LogP contribution in [-0.4, -0.2) is 31.1 Å². The van der Waals surface area contributed by atoms with Gasteiger partial charge in [0.25, 0.3) is 5.69 Å². The molecule has 1 aliphatic rings. The molecule has 0 aliphatic carbocycles. The fourth-order valence-electron chi connectivity index (χ4n) is 2.12. The van der Waals surface area contributed by atoms with E-state index < -0.39 is 0 Å². The van der Waals surface area contributed by atoms with Crippen LogP contribution in [-0.2, 0) is 0 Å². The lowest BCUT2D eigenvalue weighted by Crippen LogP contribution is -2.29. The maximum Gasteiger partial charge on any atom is 0.292 e. The summed E-state index contributed by atoms with van der Waals surface area (Å²) in [4.78, 5) is 12.6. The summed E-state index contributed by atoms with van der Waals surface area (Å²) >= 11 is 5.91. The molecule has 5 nitrogen and oxygen atoms in total. The summed E-state index contributed by atoms with van der Waals surface area (Å²) in [5.41, 5.74) is 0.728. The molecule has 1 atom stereocenters. The minimum Gasteiger partial charge on any atom is -0.364 e. The second-order valence-corrected chi connectivity index (χ2v) is 4.55. The fraction of sp³-hybridized carbons (Fsp3) is 0.455. The molecule has 1 heterocycles. The molecular formula is C11H14ClN3O2. The van der Waals surface area contributed by atoms with Gasteiger partial charge in [0.2, 0.25) is 0 Å². The van der Waals surface area contributed by atoms with E-state index in [1.54, 1.807) is 12.1 Å². The molecule has 1 unspecified atom stereocenters. The minimum atomic E-state index is -0.363. The van der Waals surface area contributed by atoms with Gasteiger partial charge in [0.05, 0.1) is 4.92 Å². The van der Waals surface area contributed by atoms with Crippen molar-refractivity contribution in [2.75, 3.05) is 25.0 Å². The topological polar surface area (TPSA) is 58.4 Å². The highest BCUT2D eigenvalue weighted by Crippen LogP contribution is 2.33. The van der Waals surface area contributed by atoms with Crippen LogP contribution in [0.4, 0.5) is 11.4 Å². The summed E-state index contributed by atoms with van der Waals surface area (Å²) in [5, 5.41) is 14.7. The van der Waals surface area contributed by atoms with Crippen LogP contribution in [0.15, 0.2) is 18.2 Å². The first kappa shape index (κ1) is 12.1. The van der Waals surface area contributed by atoms with Gasteiger partial charge in [-0.1, -0.05) is 11.6 Å². The van der Waals surface area contributed by atoms with Crippen molar-refractivity contribution in [2.24, 2.45) is 0 Å². The molecule has 0 saturated carbocycles. The van der Waals surface area contributed by atoms with E-state index >= 15 is 0 Å². The van der Waals surface area contributed by atoms with Gasteiger partial charge < -0.3 is 10.2 Å². The number of nitro groups is 1. The van der Waals surface area contributed by atoms with E-state index in [2.05, 4.69) is 5.32 Å². The first-order valence-corrected chi connectivity index (χ1v) is 5.85. The highest BCUT2D eigenvalue weighted by molar-refractivity contribution is 6.31. The summed E-state index contributed by atoms with van der Waals surface area (Å²) in [5.74, 6) is 0. The summed E-state index contributed by atoms with van der Waals surface area (Å²) in [7, 11) is 1.90. The predicted octanol–water partition coefficient (Wildman–Crippen LogP) is 2.05. The Morgan fingerprint density at radius 1 is 1.59 bits per heavy atom. The molecule has 1 aromatic carbocycles. The van der Waals surface area contributed by atoms with E-state index in [1.165, 1.54) is 6.07 Å². The highest BCUT2D eigenvalue weighted by Gasteiger charge is 2.26. The third kappa shape index (κ3) is 2.50. The van der Waals surface area contributed by atoms with Gasteiger partial charge in [-0.15, -0.1) is 0 Å². The van der Waals surface area contributed by atoms with E-state index in [4.69, 9.17) is 11.6 Å². The Bertz CT molecular complexity index is 439. The summed E-state index contributed by atoms with van der Waals surface area (Å²) in [6.07, 6.45) is 0.986. The minimum absolute atomic E-state index is 0.117. The van der Waals surface area contributed by atoms with Crippen molar-refractivity contribution < 1.29 is 4.92 Å². The third-order valence-corrected chi connectivity index (χ3v) is 3.31. The van der Waals surface area contributed by atoms with E-state index in [0.29, 0.717) is 16.8 Å². The fourth-order valence-corrected chi connectivity index (χ4v) is 2.29. The van der Waals surface area contributed by atoms with Crippen molar-refractivity contribution in [3.8, 4) is 0 Å². The Morgan fingerprint density at radius 2 is 2.35 bits per heavy atom. The van der Waals surface area contributed by atoms with Crippen molar-refractivity contribution >= 4 is 23.0 Å². The molecule has 0 aromatic heterocycles. The average molecular weight is 256 g/mol. The van der Waals surface area contributed by atoms with E-state index in [-0.39, 0.29) is 10.6 Å². The number of halogens is 1. The van der Waals surface area contributed by atoms with Crippen molar-refractivity contribution in [1.82, 2.24) is 5.32 Å². The standard InChI is InChI=1S/C11H14ClN3O2/c1-13-9-4-5-14(7-9)11-6-8(12)2-3-10(11)15(16)17/h2-3,6,9,13H,4-5,7H2,1H3. The second-order valence-electron chi connectivity index (χ2n) is 4.11. The lowest BCUT2D eigenvalue weighted by atomic mass is 10.2. The van der Waals surface area contributed by atoms with Gasteiger partial charge in [-0.2, -0.15) is 0 Å². The molecule has 1 aromatic rings. The lowest BCUT2D eigenvalue weighted by Gasteiger charge is -2.18. The summed E-state index contributed by atoms with van der Waals surface area (Å²) in [6, 6.07) is 5.06. The zero-order valence-corrected chi connectivity index (χ0v) is 10.3. The Balaban J connectivity index is 2.31. The van der Waals surface area contributed by atoms with Crippen LogP contribution in [0.25, 0.3) is 0 Å². The molecule has 1 aliphatic heterocycles. The molecule has 92 valence electrons. The Hall–Kier alpha value is -1.33. The van der Waals surface area contributed by atoms with Gasteiger partial charge in [0, 0.05) is 30.2 Å². The molecule has 2 rings (SSSR count). The van der Waals surface area contributed by atoms with E-state index in [1.807, 2.05) is 11.9 Å². The van der Waals surface area contributed by atoms with Gasteiger partial charge in [-0.05, 0) is 25.6 Å². The van der Waals surface area contributed by atoms with Crippen LogP contribution >= 0.6 is 11.6 Å². The third-order valence-electron chi connectivity index (χ3n) is 3.07. The molecule has 0 bridgehead atoms. The molecule has 17 heavy (non-hydrogen) atoms.